The van der Waals surface area contributed by atoms with Crippen LogP contribution in [0.5, 0.6) is 0 Å². The second kappa shape index (κ2) is 4.14. The lowest BCUT2D eigenvalue weighted by Gasteiger charge is -2.26. The maximum Gasteiger partial charge on any atom is 0.253 e. The second-order valence-corrected chi connectivity index (χ2v) is 4.09. The van der Waals surface area contributed by atoms with Gasteiger partial charge in [-0.25, -0.2) is 0 Å². The van der Waals surface area contributed by atoms with E-state index in [-0.39, 0.29) is 11.9 Å². The van der Waals surface area contributed by atoms with Crippen LogP contribution in [0.1, 0.15) is 10.4 Å². The maximum absolute atomic E-state index is 12.1. The summed E-state index contributed by atoms with van der Waals surface area (Å²) in [5.41, 5.74) is 1.36. The smallest absolute Gasteiger partial charge is 0.253 e. The molecular formula is C13H12N2O2. The molecule has 86 valence electrons. The molecular weight excluding hydrogens is 216 g/mol. The molecule has 4 heteroatoms. The molecule has 2 heterocycles. The molecule has 1 saturated heterocycles. The van der Waals surface area contributed by atoms with E-state index in [1.165, 1.54) is 0 Å². The van der Waals surface area contributed by atoms with Gasteiger partial charge in [0.25, 0.3) is 5.91 Å². The number of rotatable bonds is 2. The summed E-state index contributed by atoms with van der Waals surface area (Å²) in [6.45, 7) is 1.20. The summed E-state index contributed by atoms with van der Waals surface area (Å²) in [6, 6.07) is 9.57. The van der Waals surface area contributed by atoms with Crippen LogP contribution in [-0.2, 0) is 4.74 Å². The van der Waals surface area contributed by atoms with Crippen molar-refractivity contribution in [3.8, 4) is 0 Å². The summed E-state index contributed by atoms with van der Waals surface area (Å²) in [7, 11) is 0. The minimum atomic E-state index is -0.0809. The Morgan fingerprint density at radius 2 is 2.12 bits per heavy atom. The molecule has 0 radical (unpaired) electrons. The zero-order valence-electron chi connectivity index (χ0n) is 9.22. The van der Waals surface area contributed by atoms with Crippen LogP contribution in [-0.4, -0.2) is 30.1 Å². The molecule has 1 fully saturated rings. The van der Waals surface area contributed by atoms with Gasteiger partial charge in [-0.05, 0) is 12.1 Å². The quantitative estimate of drug-likeness (QED) is 0.844. The molecule has 3 rings (SSSR count). The number of benzene rings is 1. The molecule has 0 spiro atoms. The third-order valence-electron chi connectivity index (χ3n) is 2.85. The van der Waals surface area contributed by atoms with Crippen LogP contribution in [0.3, 0.4) is 0 Å². The van der Waals surface area contributed by atoms with Crippen LogP contribution >= 0.6 is 0 Å². The normalized spacial score (nSPS) is 15.5. The Kier molecular flexibility index (Phi) is 2.49. The molecule has 4 nitrogen and oxygen atoms in total. The fourth-order valence-electron chi connectivity index (χ4n) is 1.87. The molecule has 17 heavy (non-hydrogen) atoms. The molecule has 0 bridgehead atoms. The van der Waals surface area contributed by atoms with Crippen LogP contribution < -0.4 is 5.32 Å². The monoisotopic (exact) mass is 228 g/mol. The number of pyridine rings is 1. The number of carbonyl (C=O) groups is 1. The molecule has 1 aliphatic heterocycles. The lowest BCUT2D eigenvalue weighted by Crippen LogP contribution is -2.48. The number of amides is 1. The molecule has 0 atom stereocenters. The minimum absolute atomic E-state index is 0.0809. The summed E-state index contributed by atoms with van der Waals surface area (Å²) < 4.78 is 5.03. The third kappa shape index (κ3) is 1.87. The van der Waals surface area contributed by atoms with Crippen LogP contribution in [0.4, 0.5) is 0 Å². The van der Waals surface area contributed by atoms with Gasteiger partial charge in [-0.1, -0.05) is 18.2 Å². The number of para-hydroxylation sites is 1. The highest BCUT2D eigenvalue weighted by Gasteiger charge is 2.21. The topological polar surface area (TPSA) is 51.2 Å². The Balaban J connectivity index is 1.95. The summed E-state index contributed by atoms with van der Waals surface area (Å²) in [5.74, 6) is -0.0809. The summed E-state index contributed by atoms with van der Waals surface area (Å²) in [5, 5.41) is 3.90. The molecule has 1 aromatic carbocycles. The first kappa shape index (κ1) is 10.2. The second-order valence-electron chi connectivity index (χ2n) is 4.09. The van der Waals surface area contributed by atoms with Crippen molar-refractivity contribution in [2.75, 3.05) is 13.2 Å². The van der Waals surface area contributed by atoms with Crippen molar-refractivity contribution >= 4 is 16.8 Å². The van der Waals surface area contributed by atoms with Crippen molar-refractivity contribution in [3.63, 3.8) is 0 Å². The fourth-order valence-corrected chi connectivity index (χ4v) is 1.87. The van der Waals surface area contributed by atoms with Gasteiger partial charge in [-0.15, -0.1) is 0 Å². The highest BCUT2D eigenvalue weighted by Crippen LogP contribution is 2.16. The lowest BCUT2D eigenvalue weighted by atomic mass is 10.1. The molecule has 1 N–H and O–H groups in total. The van der Waals surface area contributed by atoms with Gasteiger partial charge in [0.2, 0.25) is 0 Å². The number of nitrogens with zero attached hydrogens (tertiary/aromatic N) is 1. The van der Waals surface area contributed by atoms with Gasteiger partial charge in [0.05, 0.1) is 30.3 Å². The van der Waals surface area contributed by atoms with Gasteiger partial charge in [-0.3, -0.25) is 9.78 Å². The van der Waals surface area contributed by atoms with E-state index in [4.69, 9.17) is 4.74 Å². The average molecular weight is 228 g/mol. The predicted octanol–water partition coefficient (Wildman–Crippen LogP) is 1.36. The van der Waals surface area contributed by atoms with E-state index in [9.17, 15) is 4.79 Å². The Labute approximate surface area is 98.6 Å². The first-order chi connectivity index (χ1) is 8.34. The number of nitrogens with one attached hydrogen (secondary N) is 1. The van der Waals surface area contributed by atoms with Gasteiger partial charge in [0.15, 0.2) is 0 Å². The number of hydrogen-bond donors (Lipinski definition) is 1. The number of fused-ring (bicyclic) bond motifs is 1. The zero-order chi connectivity index (χ0) is 11.7. The Hall–Kier alpha value is -1.94. The van der Waals surface area contributed by atoms with Gasteiger partial charge in [-0.2, -0.15) is 0 Å². The third-order valence-corrected chi connectivity index (χ3v) is 2.85. The standard InChI is InChI=1S/C13H12N2O2/c16-13(15-10-7-17-8-10)11-5-1-3-9-4-2-6-14-12(9)11/h1-6,10H,7-8H2,(H,15,16). The molecule has 0 saturated carbocycles. The van der Waals surface area contributed by atoms with Crippen molar-refractivity contribution in [1.82, 2.24) is 10.3 Å². The Morgan fingerprint density at radius 1 is 1.29 bits per heavy atom. The largest absolute Gasteiger partial charge is 0.377 e. The van der Waals surface area contributed by atoms with E-state index >= 15 is 0 Å². The van der Waals surface area contributed by atoms with Crippen molar-refractivity contribution in [2.24, 2.45) is 0 Å². The first-order valence-electron chi connectivity index (χ1n) is 5.57. The van der Waals surface area contributed by atoms with Gasteiger partial charge < -0.3 is 10.1 Å². The summed E-state index contributed by atoms with van der Waals surface area (Å²) in [6.07, 6.45) is 1.70. The SMILES string of the molecule is O=C(NC1COC1)c1cccc2cccnc12. The summed E-state index contributed by atoms with van der Waals surface area (Å²) >= 11 is 0. The Bertz CT molecular complexity index is 559. The number of ether oxygens (including phenoxy) is 1. The predicted molar refractivity (Wildman–Crippen MR) is 63.8 cm³/mol. The van der Waals surface area contributed by atoms with Crippen LogP contribution in [0.15, 0.2) is 36.5 Å². The van der Waals surface area contributed by atoms with E-state index in [0.717, 1.165) is 10.9 Å². The van der Waals surface area contributed by atoms with Gasteiger partial charge in [0.1, 0.15) is 0 Å². The summed E-state index contributed by atoms with van der Waals surface area (Å²) in [4.78, 5) is 16.3. The minimum Gasteiger partial charge on any atom is -0.377 e. The van der Waals surface area contributed by atoms with E-state index in [0.29, 0.717) is 18.8 Å². The molecule has 0 unspecified atom stereocenters. The van der Waals surface area contributed by atoms with Crippen molar-refractivity contribution in [3.05, 3.63) is 42.1 Å². The van der Waals surface area contributed by atoms with Crippen LogP contribution in [0, 0.1) is 0 Å². The Morgan fingerprint density at radius 3 is 2.88 bits per heavy atom. The molecule has 1 amide bonds. The number of aromatic nitrogens is 1. The number of carbonyl (C=O) groups excluding carboxylic acids is 1. The highest BCUT2D eigenvalue weighted by atomic mass is 16.5. The van der Waals surface area contributed by atoms with E-state index in [2.05, 4.69) is 10.3 Å². The van der Waals surface area contributed by atoms with Crippen LogP contribution in [0.2, 0.25) is 0 Å². The number of hydrogen-bond acceptors (Lipinski definition) is 3. The molecule has 2 aromatic rings. The van der Waals surface area contributed by atoms with Gasteiger partial charge >= 0.3 is 0 Å². The fraction of sp³-hybridized carbons (Fsp3) is 0.231. The lowest BCUT2D eigenvalue weighted by molar-refractivity contribution is -0.00343. The molecule has 1 aromatic heterocycles. The van der Waals surface area contributed by atoms with E-state index in [1.807, 2.05) is 24.3 Å². The van der Waals surface area contributed by atoms with Crippen molar-refractivity contribution in [2.45, 2.75) is 6.04 Å². The van der Waals surface area contributed by atoms with Crippen molar-refractivity contribution < 1.29 is 9.53 Å². The van der Waals surface area contributed by atoms with Gasteiger partial charge in [0, 0.05) is 11.6 Å². The van der Waals surface area contributed by atoms with Crippen molar-refractivity contribution in [1.29, 1.82) is 0 Å². The van der Waals surface area contributed by atoms with Crippen LogP contribution in [0.25, 0.3) is 10.9 Å². The van der Waals surface area contributed by atoms with E-state index < -0.39 is 0 Å². The first-order valence-corrected chi connectivity index (χ1v) is 5.57. The molecule has 0 aliphatic carbocycles. The zero-order valence-corrected chi connectivity index (χ0v) is 9.22. The maximum atomic E-state index is 12.1. The molecule has 1 aliphatic rings. The average Bonchev–Trinajstić information content (AvgIpc) is 2.33. The highest BCUT2D eigenvalue weighted by molar-refractivity contribution is 6.05. The van der Waals surface area contributed by atoms with E-state index in [1.54, 1.807) is 12.3 Å².